The zero-order chi connectivity index (χ0) is 24.5. The Balaban J connectivity index is 1.94. The molecule has 0 aliphatic rings. The molecule has 0 radical (unpaired) electrons. The summed E-state index contributed by atoms with van der Waals surface area (Å²) in [5.74, 6) is 0.0598. The van der Waals surface area contributed by atoms with Gasteiger partial charge in [0.05, 0.1) is 6.42 Å². The average molecular weight is 542 g/mol. The van der Waals surface area contributed by atoms with Gasteiger partial charge in [0, 0.05) is 29.0 Å². The lowest BCUT2D eigenvalue weighted by atomic mass is 10.0. The quantitative estimate of drug-likeness (QED) is 0.339. The van der Waals surface area contributed by atoms with Crippen LogP contribution in [0.15, 0.2) is 83.3 Å². The zero-order valence-electron chi connectivity index (χ0n) is 19.5. The highest BCUT2D eigenvalue weighted by Crippen LogP contribution is 2.19. The van der Waals surface area contributed by atoms with Crippen LogP contribution >= 0.6 is 27.5 Å². The molecule has 0 bridgehead atoms. The Morgan fingerprint density at radius 1 is 0.912 bits per heavy atom. The highest BCUT2D eigenvalue weighted by atomic mass is 79.9. The first-order valence-corrected chi connectivity index (χ1v) is 12.6. The average Bonchev–Trinajstić information content (AvgIpc) is 2.82. The minimum absolute atomic E-state index is 0.108. The Kier molecular flexibility index (Phi) is 9.73. The van der Waals surface area contributed by atoms with Gasteiger partial charge in [0.1, 0.15) is 6.04 Å². The van der Waals surface area contributed by atoms with Crippen LogP contribution in [0.2, 0.25) is 5.02 Å². The predicted molar refractivity (Wildman–Crippen MR) is 142 cm³/mol. The van der Waals surface area contributed by atoms with Crippen molar-refractivity contribution in [2.24, 2.45) is 5.92 Å². The molecule has 178 valence electrons. The second-order valence-corrected chi connectivity index (χ2v) is 10.2. The van der Waals surface area contributed by atoms with Crippen LogP contribution in [0, 0.1) is 5.92 Å². The van der Waals surface area contributed by atoms with E-state index in [2.05, 4.69) is 35.1 Å². The van der Waals surface area contributed by atoms with E-state index in [0.29, 0.717) is 30.5 Å². The largest absolute Gasteiger partial charge is 0.354 e. The van der Waals surface area contributed by atoms with Crippen LogP contribution in [0.5, 0.6) is 0 Å². The fourth-order valence-corrected chi connectivity index (χ4v) is 4.26. The minimum Gasteiger partial charge on any atom is -0.354 e. The SMILES string of the molecule is CC(C)CNC(=O)[C@H](Cc1ccccc1)N(Cc1cccc(Br)c1)C(=O)Cc1ccc(Cl)cc1. The Morgan fingerprint density at radius 3 is 2.24 bits per heavy atom. The first-order valence-electron chi connectivity index (χ1n) is 11.4. The van der Waals surface area contributed by atoms with Crippen molar-refractivity contribution in [1.29, 1.82) is 0 Å². The van der Waals surface area contributed by atoms with Crippen LogP contribution in [-0.2, 0) is 29.0 Å². The van der Waals surface area contributed by atoms with Crippen molar-refractivity contribution >= 4 is 39.3 Å². The third kappa shape index (κ3) is 8.00. The van der Waals surface area contributed by atoms with E-state index in [1.54, 1.807) is 17.0 Å². The smallest absolute Gasteiger partial charge is 0.243 e. The monoisotopic (exact) mass is 540 g/mol. The van der Waals surface area contributed by atoms with Crippen molar-refractivity contribution < 1.29 is 9.59 Å². The van der Waals surface area contributed by atoms with Gasteiger partial charge in [-0.05, 0) is 46.9 Å². The van der Waals surface area contributed by atoms with E-state index in [1.165, 1.54) is 0 Å². The van der Waals surface area contributed by atoms with Gasteiger partial charge in [0.15, 0.2) is 0 Å². The van der Waals surface area contributed by atoms with Crippen LogP contribution in [0.1, 0.15) is 30.5 Å². The number of nitrogens with one attached hydrogen (secondary N) is 1. The van der Waals surface area contributed by atoms with Crippen LogP contribution < -0.4 is 5.32 Å². The summed E-state index contributed by atoms with van der Waals surface area (Å²) in [5, 5.41) is 3.67. The van der Waals surface area contributed by atoms with Crippen LogP contribution in [0.3, 0.4) is 0 Å². The van der Waals surface area contributed by atoms with E-state index in [-0.39, 0.29) is 18.2 Å². The maximum absolute atomic E-state index is 13.7. The fraction of sp³-hybridized carbons (Fsp3) is 0.286. The molecule has 0 spiro atoms. The normalized spacial score (nSPS) is 11.8. The Labute approximate surface area is 215 Å². The van der Waals surface area contributed by atoms with E-state index >= 15 is 0 Å². The maximum Gasteiger partial charge on any atom is 0.243 e. The number of halogens is 2. The van der Waals surface area contributed by atoms with Gasteiger partial charge in [-0.25, -0.2) is 0 Å². The van der Waals surface area contributed by atoms with Gasteiger partial charge in [-0.15, -0.1) is 0 Å². The van der Waals surface area contributed by atoms with Crippen molar-refractivity contribution in [2.75, 3.05) is 6.54 Å². The highest BCUT2D eigenvalue weighted by Gasteiger charge is 2.30. The third-order valence-electron chi connectivity index (χ3n) is 5.47. The molecule has 0 aromatic heterocycles. The lowest BCUT2D eigenvalue weighted by molar-refractivity contribution is -0.140. The van der Waals surface area contributed by atoms with Gasteiger partial charge in [0.25, 0.3) is 0 Å². The van der Waals surface area contributed by atoms with Crippen molar-refractivity contribution in [3.63, 3.8) is 0 Å². The summed E-state index contributed by atoms with van der Waals surface area (Å²) in [6, 6.07) is 24.3. The molecule has 3 aromatic carbocycles. The van der Waals surface area contributed by atoms with Crippen LogP contribution in [0.4, 0.5) is 0 Å². The summed E-state index contributed by atoms with van der Waals surface area (Å²) in [7, 11) is 0. The van der Waals surface area contributed by atoms with Crippen LogP contribution in [-0.4, -0.2) is 29.3 Å². The number of benzene rings is 3. The molecule has 0 aliphatic heterocycles. The molecule has 3 aromatic rings. The molecule has 0 fully saturated rings. The predicted octanol–water partition coefficient (Wildman–Crippen LogP) is 6.06. The topological polar surface area (TPSA) is 49.4 Å². The number of hydrogen-bond acceptors (Lipinski definition) is 2. The van der Waals surface area contributed by atoms with Gasteiger partial charge in [0.2, 0.25) is 11.8 Å². The molecule has 4 nitrogen and oxygen atoms in total. The number of amides is 2. The molecule has 1 atom stereocenters. The van der Waals surface area contributed by atoms with E-state index in [4.69, 9.17) is 11.6 Å². The molecule has 6 heteroatoms. The summed E-state index contributed by atoms with van der Waals surface area (Å²) in [5.41, 5.74) is 2.81. The Morgan fingerprint density at radius 2 is 1.59 bits per heavy atom. The molecular formula is C28H30BrClN2O2. The Bertz CT molecular complexity index is 1090. The Hall–Kier alpha value is -2.63. The molecule has 34 heavy (non-hydrogen) atoms. The van der Waals surface area contributed by atoms with Crippen molar-refractivity contribution in [2.45, 2.75) is 39.3 Å². The van der Waals surface area contributed by atoms with E-state index < -0.39 is 6.04 Å². The molecule has 2 amide bonds. The molecule has 1 N–H and O–H groups in total. The second kappa shape index (κ2) is 12.7. The lowest BCUT2D eigenvalue weighted by Crippen LogP contribution is -2.51. The van der Waals surface area contributed by atoms with Gasteiger partial charge in [-0.1, -0.05) is 96.0 Å². The van der Waals surface area contributed by atoms with Crippen LogP contribution in [0.25, 0.3) is 0 Å². The summed E-state index contributed by atoms with van der Waals surface area (Å²) in [4.78, 5) is 28.8. The molecule has 3 rings (SSSR count). The van der Waals surface area contributed by atoms with Crippen molar-refractivity contribution in [3.8, 4) is 0 Å². The van der Waals surface area contributed by atoms with E-state index in [1.807, 2.05) is 66.7 Å². The van der Waals surface area contributed by atoms with E-state index in [9.17, 15) is 9.59 Å². The summed E-state index contributed by atoms with van der Waals surface area (Å²) in [6.07, 6.45) is 0.624. The molecule has 0 heterocycles. The number of nitrogens with zero attached hydrogens (tertiary/aromatic N) is 1. The van der Waals surface area contributed by atoms with Crippen molar-refractivity contribution in [3.05, 3.63) is 105 Å². The van der Waals surface area contributed by atoms with Gasteiger partial charge in [-0.3, -0.25) is 9.59 Å². The highest BCUT2D eigenvalue weighted by molar-refractivity contribution is 9.10. The number of rotatable bonds is 10. The summed E-state index contributed by atoms with van der Waals surface area (Å²) >= 11 is 9.54. The molecule has 0 aliphatic carbocycles. The van der Waals surface area contributed by atoms with Crippen molar-refractivity contribution in [1.82, 2.24) is 10.2 Å². The fourth-order valence-electron chi connectivity index (χ4n) is 3.69. The first kappa shape index (κ1) is 26.0. The number of carbonyl (C=O) groups excluding carboxylic acids is 2. The molecular weight excluding hydrogens is 512 g/mol. The van der Waals surface area contributed by atoms with Gasteiger partial charge in [-0.2, -0.15) is 0 Å². The minimum atomic E-state index is -0.639. The number of hydrogen-bond donors (Lipinski definition) is 1. The first-order chi connectivity index (χ1) is 16.3. The maximum atomic E-state index is 13.7. The van der Waals surface area contributed by atoms with E-state index in [0.717, 1.165) is 21.2 Å². The lowest BCUT2D eigenvalue weighted by Gasteiger charge is -2.32. The third-order valence-corrected chi connectivity index (χ3v) is 6.21. The zero-order valence-corrected chi connectivity index (χ0v) is 21.9. The van der Waals surface area contributed by atoms with Gasteiger partial charge < -0.3 is 10.2 Å². The second-order valence-electron chi connectivity index (χ2n) is 8.80. The summed E-state index contributed by atoms with van der Waals surface area (Å²) < 4.78 is 0.930. The molecule has 0 saturated heterocycles. The van der Waals surface area contributed by atoms with Gasteiger partial charge >= 0.3 is 0 Å². The standard InChI is InChI=1S/C28H30BrClN2O2/c1-20(2)18-31-28(34)26(16-21-7-4-3-5-8-21)32(19-23-9-6-10-24(29)15-23)27(33)17-22-11-13-25(30)14-12-22/h3-15,20,26H,16-19H2,1-2H3,(H,31,34)/t26-/m0/s1. The number of carbonyl (C=O) groups is 2. The molecule has 0 unspecified atom stereocenters. The summed E-state index contributed by atoms with van der Waals surface area (Å²) in [6.45, 7) is 4.99. The molecule has 0 saturated carbocycles.